The van der Waals surface area contributed by atoms with Gasteiger partial charge in [0.15, 0.2) is 0 Å². The molecule has 1 aliphatic rings. The van der Waals surface area contributed by atoms with Crippen LogP contribution in [-0.4, -0.2) is 40.9 Å². The fourth-order valence-electron chi connectivity index (χ4n) is 4.64. The average molecular weight is 437 g/mol. The van der Waals surface area contributed by atoms with E-state index in [4.69, 9.17) is 0 Å². The van der Waals surface area contributed by atoms with E-state index >= 15 is 0 Å². The van der Waals surface area contributed by atoms with Crippen molar-refractivity contribution in [1.29, 1.82) is 0 Å². The maximum Gasteiger partial charge on any atom is 0.123 e. The highest BCUT2D eigenvalue weighted by Gasteiger charge is 2.26. The molecule has 3 rings (SSSR count). The Balaban J connectivity index is 1.91. The second-order valence-electron chi connectivity index (χ2n) is 8.56. The van der Waals surface area contributed by atoms with Gasteiger partial charge in [-0.25, -0.2) is 9.07 Å². The fourth-order valence-corrected chi connectivity index (χ4v) is 4.64. The van der Waals surface area contributed by atoms with Crippen LogP contribution in [0.3, 0.4) is 0 Å². The number of allylic oxidation sites excluding steroid dienone is 3. The second-order valence-corrected chi connectivity index (χ2v) is 8.56. The minimum absolute atomic E-state index is 0.257. The number of hydrogen-bond donors (Lipinski definition) is 1. The number of halogens is 1. The van der Waals surface area contributed by atoms with Gasteiger partial charge in [0, 0.05) is 22.9 Å². The zero-order valence-electron chi connectivity index (χ0n) is 19.9. The number of rotatable bonds is 9. The lowest BCUT2D eigenvalue weighted by atomic mass is 9.87. The third-order valence-corrected chi connectivity index (χ3v) is 6.46. The Kier molecular flexibility index (Phi) is 8.46. The van der Waals surface area contributed by atoms with Crippen molar-refractivity contribution in [3.63, 3.8) is 0 Å². The Labute approximate surface area is 192 Å². The smallest absolute Gasteiger partial charge is 0.123 e. The Morgan fingerprint density at radius 3 is 2.50 bits per heavy atom. The Morgan fingerprint density at radius 2 is 1.94 bits per heavy atom. The molecular weight excluding hydrogens is 399 g/mol. The van der Waals surface area contributed by atoms with E-state index in [1.165, 1.54) is 25.0 Å². The van der Waals surface area contributed by atoms with Crippen molar-refractivity contribution in [3.05, 3.63) is 72.0 Å². The van der Waals surface area contributed by atoms with Gasteiger partial charge < -0.3 is 10.2 Å². The highest BCUT2D eigenvalue weighted by molar-refractivity contribution is 5.82. The van der Waals surface area contributed by atoms with Gasteiger partial charge in [0.1, 0.15) is 5.82 Å². The van der Waals surface area contributed by atoms with Gasteiger partial charge in [0.2, 0.25) is 0 Å². The Morgan fingerprint density at radius 1 is 1.25 bits per heavy atom. The van der Waals surface area contributed by atoms with E-state index in [1.807, 2.05) is 17.0 Å². The lowest BCUT2D eigenvalue weighted by Crippen LogP contribution is -2.41. The molecule has 4 nitrogen and oxygen atoms in total. The predicted octanol–water partition coefficient (Wildman–Crippen LogP) is 6.06. The predicted molar refractivity (Wildman–Crippen MR) is 133 cm³/mol. The van der Waals surface area contributed by atoms with E-state index < -0.39 is 0 Å². The summed E-state index contributed by atoms with van der Waals surface area (Å²) in [4.78, 5) is 2.42. The fraction of sp³-hybridized carbons (Fsp3) is 0.444. The van der Waals surface area contributed by atoms with Crippen LogP contribution in [-0.2, 0) is 0 Å². The summed E-state index contributed by atoms with van der Waals surface area (Å²) < 4.78 is 15.2. The molecule has 32 heavy (non-hydrogen) atoms. The molecule has 0 aliphatic carbocycles. The van der Waals surface area contributed by atoms with Crippen molar-refractivity contribution in [1.82, 2.24) is 20.0 Å². The highest BCUT2D eigenvalue weighted by atomic mass is 19.1. The van der Waals surface area contributed by atoms with Crippen molar-refractivity contribution >= 4 is 11.6 Å². The first kappa shape index (κ1) is 24.0. The summed E-state index contributed by atoms with van der Waals surface area (Å²) in [6.45, 7) is 12.9. The average Bonchev–Trinajstić information content (AvgIpc) is 3.22. The first-order valence-corrected chi connectivity index (χ1v) is 11.8. The Hall–Kier alpha value is -2.66. The minimum atomic E-state index is -0.257. The van der Waals surface area contributed by atoms with Crippen molar-refractivity contribution in [3.8, 4) is 5.69 Å². The summed E-state index contributed by atoms with van der Waals surface area (Å²) in [5, 5.41) is 8.52. The molecule has 5 heteroatoms. The van der Waals surface area contributed by atoms with Crippen LogP contribution in [0.15, 0.2) is 54.9 Å². The van der Waals surface area contributed by atoms with Crippen LogP contribution in [0.2, 0.25) is 0 Å². The molecule has 2 aromatic rings. The zero-order valence-corrected chi connectivity index (χ0v) is 19.9. The molecule has 0 bridgehead atoms. The van der Waals surface area contributed by atoms with Crippen LogP contribution in [0, 0.1) is 11.7 Å². The molecule has 1 aromatic heterocycles. The van der Waals surface area contributed by atoms with Gasteiger partial charge in [0.25, 0.3) is 0 Å². The van der Waals surface area contributed by atoms with E-state index in [2.05, 4.69) is 61.9 Å². The van der Waals surface area contributed by atoms with E-state index in [0.717, 1.165) is 54.1 Å². The molecule has 1 fully saturated rings. The molecule has 1 saturated heterocycles. The quantitative estimate of drug-likeness (QED) is 0.485. The van der Waals surface area contributed by atoms with Crippen LogP contribution in [0.1, 0.15) is 57.7 Å². The van der Waals surface area contributed by atoms with E-state index in [9.17, 15) is 4.39 Å². The standard InChI is InChI=1S/C27H37FN4/c1-6-10-26(30-25(8-3)20-15-17-31(5)18-16-20)23(7-2)24-19-29-32(27(24)9-4)22-13-11-21(28)12-14-22/h7,9-14,19-20,25,30H,4,6,8,15-18H2,1-3,5H3/b23-7+,26-10+. The molecule has 0 radical (unpaired) electrons. The van der Waals surface area contributed by atoms with Gasteiger partial charge >= 0.3 is 0 Å². The molecule has 0 spiro atoms. The zero-order chi connectivity index (χ0) is 23.1. The van der Waals surface area contributed by atoms with Crippen LogP contribution >= 0.6 is 0 Å². The highest BCUT2D eigenvalue weighted by Crippen LogP contribution is 2.30. The topological polar surface area (TPSA) is 33.1 Å². The molecule has 1 atom stereocenters. The summed E-state index contributed by atoms with van der Waals surface area (Å²) in [7, 11) is 2.21. The SMILES string of the molecule is C=Cc1c(C(=C\C)/C(=C\CC)NC(CC)C2CCN(C)CC2)cnn1-c1ccc(F)cc1. The first-order valence-electron chi connectivity index (χ1n) is 11.8. The normalized spacial score (nSPS) is 17.4. The molecule has 1 aliphatic heterocycles. The van der Waals surface area contributed by atoms with Crippen molar-refractivity contribution in [2.75, 3.05) is 20.1 Å². The molecule has 0 amide bonds. The lowest BCUT2D eigenvalue weighted by Gasteiger charge is -2.35. The van der Waals surface area contributed by atoms with Gasteiger partial charge in [-0.1, -0.05) is 32.6 Å². The van der Waals surface area contributed by atoms with Gasteiger partial charge in [-0.2, -0.15) is 5.10 Å². The van der Waals surface area contributed by atoms with E-state index in [-0.39, 0.29) is 5.82 Å². The van der Waals surface area contributed by atoms with Crippen molar-refractivity contribution in [2.45, 2.75) is 52.5 Å². The van der Waals surface area contributed by atoms with Gasteiger partial charge in [-0.05, 0) is 89.0 Å². The summed E-state index contributed by atoms with van der Waals surface area (Å²) in [6, 6.07) is 6.83. The second kappa shape index (κ2) is 11.3. The van der Waals surface area contributed by atoms with Gasteiger partial charge in [0.05, 0.1) is 17.6 Å². The maximum absolute atomic E-state index is 13.4. The van der Waals surface area contributed by atoms with Crippen LogP contribution in [0.5, 0.6) is 0 Å². The van der Waals surface area contributed by atoms with Crippen LogP contribution < -0.4 is 5.32 Å². The Bertz CT molecular complexity index is 947. The third-order valence-electron chi connectivity index (χ3n) is 6.46. The van der Waals surface area contributed by atoms with Crippen LogP contribution in [0.4, 0.5) is 4.39 Å². The number of hydrogen-bond acceptors (Lipinski definition) is 3. The number of aromatic nitrogens is 2. The summed E-state index contributed by atoms with van der Waals surface area (Å²) in [5.74, 6) is 0.419. The van der Waals surface area contributed by atoms with Gasteiger partial charge in [-0.3, -0.25) is 0 Å². The van der Waals surface area contributed by atoms with Crippen LogP contribution in [0.25, 0.3) is 17.3 Å². The molecule has 2 heterocycles. The molecule has 1 aromatic carbocycles. The van der Waals surface area contributed by atoms with E-state index in [1.54, 1.807) is 12.1 Å². The summed E-state index contributed by atoms with van der Waals surface area (Å²) in [5.41, 5.74) is 5.02. The monoisotopic (exact) mass is 436 g/mol. The van der Waals surface area contributed by atoms with Gasteiger partial charge in [-0.15, -0.1) is 0 Å². The summed E-state index contributed by atoms with van der Waals surface area (Å²) in [6.07, 6.45) is 12.6. The van der Waals surface area contributed by atoms with E-state index in [0.29, 0.717) is 12.0 Å². The molecule has 172 valence electrons. The molecular formula is C27H37FN4. The van der Waals surface area contributed by atoms with Crippen molar-refractivity contribution in [2.24, 2.45) is 5.92 Å². The number of benzene rings is 1. The maximum atomic E-state index is 13.4. The molecule has 1 unspecified atom stereocenters. The number of piperidine rings is 1. The number of nitrogens with one attached hydrogen (secondary N) is 1. The summed E-state index contributed by atoms with van der Waals surface area (Å²) >= 11 is 0. The minimum Gasteiger partial charge on any atom is -0.382 e. The largest absolute Gasteiger partial charge is 0.382 e. The van der Waals surface area contributed by atoms with Crippen molar-refractivity contribution < 1.29 is 4.39 Å². The third kappa shape index (κ3) is 5.39. The lowest BCUT2D eigenvalue weighted by molar-refractivity contribution is 0.187. The first-order chi connectivity index (χ1) is 15.5. The molecule has 0 saturated carbocycles. The number of likely N-dealkylation sites (tertiary alicyclic amines) is 1. The number of nitrogens with zero attached hydrogens (tertiary/aromatic N) is 3. The molecule has 1 N–H and O–H groups in total.